The van der Waals surface area contributed by atoms with Gasteiger partial charge in [0.1, 0.15) is 5.82 Å². The molecule has 0 saturated carbocycles. The van der Waals surface area contributed by atoms with Crippen LogP contribution >= 0.6 is 24.0 Å². The van der Waals surface area contributed by atoms with Gasteiger partial charge in [-0.1, -0.05) is 17.7 Å². The van der Waals surface area contributed by atoms with Crippen molar-refractivity contribution in [2.24, 2.45) is 5.92 Å². The van der Waals surface area contributed by atoms with Crippen LogP contribution in [0.5, 0.6) is 0 Å². The summed E-state index contributed by atoms with van der Waals surface area (Å²) < 4.78 is 41.6. The molecule has 5 nitrogen and oxygen atoms in total. The Labute approximate surface area is 141 Å². The monoisotopic (exact) mass is 371 g/mol. The Kier molecular flexibility index (Phi) is 7.51. The third-order valence-electron chi connectivity index (χ3n) is 3.57. The smallest absolute Gasteiger partial charge is 0.279 e. The molecule has 1 aromatic rings. The van der Waals surface area contributed by atoms with E-state index in [0.717, 1.165) is 23.8 Å². The predicted molar refractivity (Wildman–Crippen MR) is 88.0 cm³/mol. The van der Waals surface area contributed by atoms with Gasteiger partial charge in [0.2, 0.25) is 0 Å². The highest BCUT2D eigenvalue weighted by Crippen LogP contribution is 2.21. The second-order valence-corrected chi connectivity index (χ2v) is 7.44. The van der Waals surface area contributed by atoms with Gasteiger partial charge in [-0.2, -0.15) is 12.7 Å². The van der Waals surface area contributed by atoms with Crippen molar-refractivity contribution in [1.82, 2.24) is 14.3 Å². The molecule has 126 valence electrons. The Balaban J connectivity index is 0.00000242. The van der Waals surface area contributed by atoms with Gasteiger partial charge in [-0.15, -0.1) is 12.4 Å². The van der Waals surface area contributed by atoms with Crippen LogP contribution in [0.3, 0.4) is 0 Å². The highest BCUT2D eigenvalue weighted by Gasteiger charge is 2.23. The van der Waals surface area contributed by atoms with E-state index in [0.29, 0.717) is 12.5 Å². The van der Waals surface area contributed by atoms with Crippen LogP contribution < -0.4 is 10.0 Å². The summed E-state index contributed by atoms with van der Waals surface area (Å²) in [4.78, 5) is 0. The molecule has 0 bridgehead atoms. The van der Waals surface area contributed by atoms with Gasteiger partial charge in [-0.3, -0.25) is 0 Å². The van der Waals surface area contributed by atoms with E-state index in [1.54, 1.807) is 0 Å². The maximum Gasteiger partial charge on any atom is 0.279 e. The minimum Gasteiger partial charge on any atom is -0.316 e. The Hall–Kier alpha value is -0.440. The van der Waals surface area contributed by atoms with E-state index in [9.17, 15) is 12.8 Å². The van der Waals surface area contributed by atoms with Crippen molar-refractivity contribution in [2.75, 3.05) is 26.7 Å². The fraction of sp³-hybridized carbons (Fsp3) is 0.538. The summed E-state index contributed by atoms with van der Waals surface area (Å²) in [6, 6.07) is 4.29. The number of hydrogen-bond donors (Lipinski definition) is 2. The van der Waals surface area contributed by atoms with E-state index in [1.807, 2.05) is 0 Å². The lowest BCUT2D eigenvalue weighted by Crippen LogP contribution is -2.40. The van der Waals surface area contributed by atoms with Crippen molar-refractivity contribution >= 4 is 34.2 Å². The minimum atomic E-state index is -3.65. The number of hydrogen-bond acceptors (Lipinski definition) is 3. The van der Waals surface area contributed by atoms with Crippen LogP contribution in [-0.4, -0.2) is 39.4 Å². The molecule has 0 radical (unpaired) electrons. The van der Waals surface area contributed by atoms with Crippen molar-refractivity contribution in [3.8, 4) is 0 Å². The fourth-order valence-electron chi connectivity index (χ4n) is 2.21. The zero-order valence-electron chi connectivity index (χ0n) is 12.2. The van der Waals surface area contributed by atoms with Gasteiger partial charge in [-0.05, 0) is 37.6 Å². The zero-order chi connectivity index (χ0) is 15.5. The average Bonchev–Trinajstić information content (AvgIpc) is 2.94. The molecule has 0 spiro atoms. The molecule has 1 saturated heterocycles. The van der Waals surface area contributed by atoms with Crippen molar-refractivity contribution < 1.29 is 12.8 Å². The van der Waals surface area contributed by atoms with Gasteiger partial charge < -0.3 is 5.32 Å². The molecule has 1 aliphatic heterocycles. The molecule has 1 unspecified atom stereocenters. The molecule has 1 aliphatic rings. The van der Waals surface area contributed by atoms with Gasteiger partial charge in [0.25, 0.3) is 10.2 Å². The normalized spacial score (nSPS) is 18.5. The SMILES string of the molecule is CN(Cc1c(F)cccc1Cl)S(=O)(=O)NCC1CCNC1.Cl. The van der Waals surface area contributed by atoms with E-state index < -0.39 is 16.0 Å². The maximum absolute atomic E-state index is 13.7. The molecule has 0 amide bonds. The van der Waals surface area contributed by atoms with Crippen LogP contribution in [0, 0.1) is 11.7 Å². The Morgan fingerprint density at radius 3 is 2.82 bits per heavy atom. The molecule has 2 rings (SSSR count). The maximum atomic E-state index is 13.7. The van der Waals surface area contributed by atoms with Gasteiger partial charge in [-0.25, -0.2) is 9.11 Å². The lowest BCUT2D eigenvalue weighted by molar-refractivity contribution is 0.438. The summed E-state index contributed by atoms with van der Waals surface area (Å²) >= 11 is 5.91. The molecule has 1 atom stereocenters. The molecule has 1 aromatic carbocycles. The van der Waals surface area contributed by atoms with Crippen LogP contribution in [0.4, 0.5) is 4.39 Å². The van der Waals surface area contributed by atoms with Crippen LogP contribution in [0.15, 0.2) is 18.2 Å². The Morgan fingerprint density at radius 2 is 2.23 bits per heavy atom. The molecule has 0 aliphatic carbocycles. The number of nitrogens with one attached hydrogen (secondary N) is 2. The van der Waals surface area contributed by atoms with Gasteiger partial charge in [0, 0.05) is 30.7 Å². The number of nitrogens with zero attached hydrogens (tertiary/aromatic N) is 1. The van der Waals surface area contributed by atoms with Crippen molar-refractivity contribution in [2.45, 2.75) is 13.0 Å². The average molecular weight is 372 g/mol. The van der Waals surface area contributed by atoms with Crippen LogP contribution in [-0.2, 0) is 16.8 Å². The molecular formula is C13H20Cl2FN3O2S. The molecule has 1 fully saturated rings. The van der Waals surface area contributed by atoms with Crippen molar-refractivity contribution in [1.29, 1.82) is 0 Å². The molecule has 0 aromatic heterocycles. The molecular weight excluding hydrogens is 352 g/mol. The molecule has 2 N–H and O–H groups in total. The summed E-state index contributed by atoms with van der Waals surface area (Å²) in [5.41, 5.74) is 0.176. The summed E-state index contributed by atoms with van der Waals surface area (Å²) in [6.07, 6.45) is 0.950. The second-order valence-electron chi connectivity index (χ2n) is 5.17. The van der Waals surface area contributed by atoms with Crippen LogP contribution in [0.1, 0.15) is 12.0 Å². The standard InChI is InChI=1S/C13H19ClFN3O2S.ClH/c1-18(9-11-12(14)3-2-4-13(11)15)21(19,20)17-8-10-5-6-16-7-10;/h2-4,10,16-17H,5-9H2,1H3;1H. The Morgan fingerprint density at radius 1 is 1.50 bits per heavy atom. The van der Waals surface area contributed by atoms with E-state index in [4.69, 9.17) is 11.6 Å². The first kappa shape index (κ1) is 19.6. The summed E-state index contributed by atoms with van der Waals surface area (Å²) in [5.74, 6) is -0.213. The second kappa shape index (κ2) is 8.42. The van der Waals surface area contributed by atoms with Gasteiger partial charge in [0.05, 0.1) is 0 Å². The summed E-state index contributed by atoms with van der Waals surface area (Å²) in [7, 11) is -2.25. The third-order valence-corrected chi connectivity index (χ3v) is 5.40. The minimum absolute atomic E-state index is 0. The van der Waals surface area contributed by atoms with E-state index in [1.165, 1.54) is 25.2 Å². The van der Waals surface area contributed by atoms with Crippen LogP contribution in [0.25, 0.3) is 0 Å². The van der Waals surface area contributed by atoms with Crippen molar-refractivity contribution in [3.63, 3.8) is 0 Å². The summed E-state index contributed by atoms with van der Waals surface area (Å²) in [5, 5.41) is 3.40. The molecule has 9 heteroatoms. The largest absolute Gasteiger partial charge is 0.316 e. The Bertz CT molecular complexity index is 575. The van der Waals surface area contributed by atoms with Gasteiger partial charge >= 0.3 is 0 Å². The zero-order valence-corrected chi connectivity index (χ0v) is 14.6. The van der Waals surface area contributed by atoms with Gasteiger partial charge in [0.15, 0.2) is 0 Å². The van der Waals surface area contributed by atoms with E-state index in [2.05, 4.69) is 10.0 Å². The quantitative estimate of drug-likeness (QED) is 0.800. The van der Waals surface area contributed by atoms with Crippen molar-refractivity contribution in [3.05, 3.63) is 34.6 Å². The number of rotatable bonds is 6. The number of benzene rings is 1. The molecule has 22 heavy (non-hydrogen) atoms. The first-order valence-electron chi connectivity index (χ1n) is 6.74. The predicted octanol–water partition coefficient (Wildman–Crippen LogP) is 1.78. The lowest BCUT2D eigenvalue weighted by Gasteiger charge is -2.20. The third kappa shape index (κ3) is 5.04. The fourth-order valence-corrected chi connectivity index (χ4v) is 3.40. The first-order chi connectivity index (χ1) is 9.90. The molecule has 1 heterocycles. The lowest BCUT2D eigenvalue weighted by atomic mass is 10.1. The first-order valence-corrected chi connectivity index (χ1v) is 8.56. The topological polar surface area (TPSA) is 61.4 Å². The van der Waals surface area contributed by atoms with Crippen LogP contribution in [0.2, 0.25) is 5.02 Å². The number of halogens is 3. The summed E-state index contributed by atoms with van der Waals surface area (Å²) in [6.45, 7) is 1.99. The van der Waals surface area contributed by atoms with E-state index in [-0.39, 0.29) is 29.5 Å². The highest BCUT2D eigenvalue weighted by molar-refractivity contribution is 7.87. The highest BCUT2D eigenvalue weighted by atomic mass is 35.5. The van der Waals surface area contributed by atoms with E-state index >= 15 is 0 Å².